The molecule has 1 aromatic rings. The van der Waals surface area contributed by atoms with Crippen LogP contribution in [0.1, 0.15) is 65.2 Å². The zero-order valence-electron chi connectivity index (χ0n) is 15.1. The number of ether oxygens (including phenoxy) is 2. The van der Waals surface area contributed by atoms with Gasteiger partial charge in [0.15, 0.2) is 0 Å². The van der Waals surface area contributed by atoms with Gasteiger partial charge in [-0.1, -0.05) is 52.4 Å². The van der Waals surface area contributed by atoms with Crippen LogP contribution < -0.4 is 9.47 Å². The zero-order chi connectivity index (χ0) is 17.8. The van der Waals surface area contributed by atoms with E-state index >= 15 is 0 Å². The summed E-state index contributed by atoms with van der Waals surface area (Å²) in [6.45, 7) is 5.31. The third-order valence-electron chi connectivity index (χ3n) is 3.49. The Kier molecular flexibility index (Phi) is 9.67. The van der Waals surface area contributed by atoms with Gasteiger partial charge in [0, 0.05) is 6.26 Å². The maximum absolute atomic E-state index is 11.7. The average molecular weight is 359 g/mol. The summed E-state index contributed by atoms with van der Waals surface area (Å²) in [7, 11) is -3.51. The number of sulfone groups is 1. The minimum atomic E-state index is -3.51. The molecule has 0 aliphatic rings. The van der Waals surface area contributed by atoms with Crippen molar-refractivity contribution < 1.29 is 17.9 Å². The van der Waals surface area contributed by atoms with Crippen molar-refractivity contribution in [2.24, 2.45) is 0 Å². The second kappa shape index (κ2) is 11.2. The van der Waals surface area contributed by atoms with E-state index in [4.69, 9.17) is 9.47 Å². The molecule has 7 heteroatoms. The molecule has 138 valence electrons. The monoisotopic (exact) mass is 358 g/mol. The smallest absolute Gasteiger partial charge is 0.253 e. The lowest BCUT2D eigenvalue weighted by atomic mass is 10.2. The summed E-state index contributed by atoms with van der Waals surface area (Å²) < 4.78 is 34.6. The normalized spacial score (nSPS) is 11.5. The molecule has 0 radical (unpaired) electrons. The van der Waals surface area contributed by atoms with E-state index in [-0.39, 0.29) is 16.9 Å². The van der Waals surface area contributed by atoms with Crippen LogP contribution >= 0.6 is 0 Å². The van der Waals surface area contributed by atoms with Gasteiger partial charge in [-0.25, -0.2) is 8.42 Å². The van der Waals surface area contributed by atoms with Gasteiger partial charge in [0.2, 0.25) is 21.6 Å². The molecule has 0 spiro atoms. The second-order valence-corrected chi connectivity index (χ2v) is 7.83. The molecule has 0 aliphatic heterocycles. The maximum Gasteiger partial charge on any atom is 0.253 e. The Bertz CT molecular complexity index is 544. The highest BCUT2D eigenvalue weighted by Crippen LogP contribution is 2.19. The summed E-state index contributed by atoms with van der Waals surface area (Å²) >= 11 is 0. The first kappa shape index (κ1) is 20.7. The molecule has 0 unspecified atom stereocenters. The summed E-state index contributed by atoms with van der Waals surface area (Å²) in [6.07, 6.45) is 9.71. The Morgan fingerprint density at radius 1 is 0.833 bits per heavy atom. The maximum atomic E-state index is 11.7. The van der Waals surface area contributed by atoms with E-state index in [1.54, 1.807) is 6.07 Å². The van der Waals surface area contributed by atoms with Crippen molar-refractivity contribution in [1.29, 1.82) is 0 Å². The average Bonchev–Trinajstić information content (AvgIpc) is 2.53. The molecule has 1 rings (SSSR count). The highest BCUT2D eigenvalue weighted by atomic mass is 32.2. The van der Waals surface area contributed by atoms with Crippen LogP contribution in [0.2, 0.25) is 0 Å². The van der Waals surface area contributed by atoms with Crippen LogP contribution in [0.5, 0.6) is 11.8 Å². The molecule has 0 fully saturated rings. The number of unbranched alkanes of at least 4 members (excludes halogenated alkanes) is 6. The molecule has 0 N–H and O–H groups in total. The molecule has 6 nitrogen and oxygen atoms in total. The molecule has 24 heavy (non-hydrogen) atoms. The molecule has 0 atom stereocenters. The number of aromatic nitrogens is 2. The molecular weight excluding hydrogens is 328 g/mol. The van der Waals surface area contributed by atoms with Crippen LogP contribution in [-0.4, -0.2) is 37.9 Å². The second-order valence-electron chi connectivity index (χ2n) is 5.92. The SMILES string of the molecule is CCCCCCOc1cc(OCCCCCC)nc(S(C)(=O)=O)n1. The molecule has 0 amide bonds. The number of rotatable bonds is 13. The van der Waals surface area contributed by atoms with E-state index in [2.05, 4.69) is 23.8 Å². The third kappa shape index (κ3) is 8.47. The predicted octanol–water partition coefficient (Wildman–Crippen LogP) is 3.80. The zero-order valence-corrected chi connectivity index (χ0v) is 15.9. The minimum Gasteiger partial charge on any atom is -0.477 e. The predicted molar refractivity (Wildman–Crippen MR) is 94.4 cm³/mol. The lowest BCUT2D eigenvalue weighted by molar-refractivity contribution is 0.270. The molecular formula is C17H30N2O4S. The largest absolute Gasteiger partial charge is 0.477 e. The highest BCUT2D eigenvalue weighted by molar-refractivity contribution is 7.90. The van der Waals surface area contributed by atoms with Crippen LogP contribution in [0.4, 0.5) is 0 Å². The molecule has 1 aromatic heterocycles. The van der Waals surface area contributed by atoms with E-state index in [0.29, 0.717) is 13.2 Å². The van der Waals surface area contributed by atoms with Crippen molar-refractivity contribution in [3.05, 3.63) is 6.07 Å². The molecule has 0 saturated heterocycles. The van der Waals surface area contributed by atoms with Crippen molar-refractivity contribution in [2.75, 3.05) is 19.5 Å². The number of nitrogens with zero attached hydrogens (tertiary/aromatic N) is 2. The summed E-state index contributed by atoms with van der Waals surface area (Å²) in [5.74, 6) is 0.510. The Morgan fingerprint density at radius 3 is 1.67 bits per heavy atom. The van der Waals surface area contributed by atoms with Gasteiger partial charge in [-0.05, 0) is 12.8 Å². The first-order valence-electron chi connectivity index (χ1n) is 8.82. The summed E-state index contributed by atoms with van der Waals surface area (Å²) in [6, 6.07) is 1.56. The van der Waals surface area contributed by atoms with Gasteiger partial charge >= 0.3 is 0 Å². The Labute approximate surface area is 145 Å². The van der Waals surface area contributed by atoms with Crippen LogP contribution in [-0.2, 0) is 9.84 Å². The minimum absolute atomic E-state index is 0.253. The summed E-state index contributed by atoms with van der Waals surface area (Å²) in [5.41, 5.74) is 0. The molecule has 0 aliphatic carbocycles. The van der Waals surface area contributed by atoms with Crippen molar-refractivity contribution >= 4 is 9.84 Å². The topological polar surface area (TPSA) is 78.4 Å². The van der Waals surface area contributed by atoms with Gasteiger partial charge < -0.3 is 9.47 Å². The van der Waals surface area contributed by atoms with Crippen molar-refractivity contribution in [3.8, 4) is 11.8 Å². The van der Waals surface area contributed by atoms with E-state index in [1.165, 1.54) is 0 Å². The molecule has 0 bridgehead atoms. The van der Waals surface area contributed by atoms with E-state index in [0.717, 1.165) is 57.6 Å². The highest BCUT2D eigenvalue weighted by Gasteiger charge is 2.15. The Hall–Kier alpha value is -1.37. The van der Waals surface area contributed by atoms with Crippen molar-refractivity contribution in [1.82, 2.24) is 9.97 Å². The lowest BCUT2D eigenvalue weighted by Gasteiger charge is -2.10. The lowest BCUT2D eigenvalue weighted by Crippen LogP contribution is -2.09. The quantitative estimate of drug-likeness (QED) is 0.394. The van der Waals surface area contributed by atoms with Crippen LogP contribution in [0, 0.1) is 0 Å². The fraction of sp³-hybridized carbons (Fsp3) is 0.765. The van der Waals surface area contributed by atoms with Gasteiger partial charge in [-0.3, -0.25) is 0 Å². The Balaban J connectivity index is 2.66. The number of hydrogen-bond acceptors (Lipinski definition) is 6. The first-order chi connectivity index (χ1) is 11.5. The molecule has 1 heterocycles. The molecule has 0 aromatic carbocycles. The van der Waals surface area contributed by atoms with Crippen LogP contribution in [0.15, 0.2) is 11.2 Å². The first-order valence-corrected chi connectivity index (χ1v) is 10.7. The fourth-order valence-electron chi connectivity index (χ4n) is 2.11. The van der Waals surface area contributed by atoms with Crippen LogP contribution in [0.3, 0.4) is 0 Å². The standard InChI is InChI=1S/C17H30N2O4S/c1-4-6-8-10-12-22-15-14-16(23-13-11-9-7-5-2)19-17(18-15)24(3,20)21/h14H,4-13H2,1-3H3. The van der Waals surface area contributed by atoms with Gasteiger partial charge in [-0.15, -0.1) is 0 Å². The van der Waals surface area contributed by atoms with E-state index in [9.17, 15) is 8.42 Å². The van der Waals surface area contributed by atoms with Gasteiger partial charge in [0.05, 0.1) is 19.3 Å². The number of hydrogen-bond donors (Lipinski definition) is 0. The van der Waals surface area contributed by atoms with Gasteiger partial charge in [-0.2, -0.15) is 9.97 Å². The summed E-state index contributed by atoms with van der Waals surface area (Å²) in [5, 5.41) is -0.253. The Morgan fingerprint density at radius 2 is 1.29 bits per heavy atom. The van der Waals surface area contributed by atoms with Crippen molar-refractivity contribution in [2.45, 2.75) is 70.4 Å². The van der Waals surface area contributed by atoms with E-state index < -0.39 is 9.84 Å². The van der Waals surface area contributed by atoms with Crippen molar-refractivity contribution in [3.63, 3.8) is 0 Å². The third-order valence-corrected chi connectivity index (χ3v) is 4.33. The van der Waals surface area contributed by atoms with Gasteiger partial charge in [0.1, 0.15) is 0 Å². The fourth-order valence-corrected chi connectivity index (χ4v) is 2.62. The van der Waals surface area contributed by atoms with Gasteiger partial charge in [0.25, 0.3) is 5.16 Å². The molecule has 0 saturated carbocycles. The van der Waals surface area contributed by atoms with E-state index in [1.807, 2.05) is 0 Å². The summed E-state index contributed by atoms with van der Waals surface area (Å²) in [4.78, 5) is 7.96. The van der Waals surface area contributed by atoms with Crippen LogP contribution in [0.25, 0.3) is 0 Å².